The number of carbonyl (C=O) groups excluding carboxylic acids is 2. The van der Waals surface area contributed by atoms with Gasteiger partial charge in [0, 0.05) is 15.7 Å². The molecule has 0 spiro atoms. The number of imide groups is 1. The minimum Gasteiger partial charge on any atom is -0.307 e. The van der Waals surface area contributed by atoms with Crippen molar-refractivity contribution >= 4 is 51.9 Å². The fourth-order valence-corrected chi connectivity index (χ4v) is 7.10. The topological polar surface area (TPSA) is 70.2 Å². The Bertz CT molecular complexity index is 1100. The van der Waals surface area contributed by atoms with Crippen LogP contribution in [0.2, 0.25) is 0 Å². The first-order chi connectivity index (χ1) is 13.0. The van der Waals surface area contributed by atoms with E-state index in [0.717, 1.165) is 26.0 Å². The number of H-pyrrole nitrogens is 1. The Morgan fingerprint density at radius 3 is 2.52 bits per heavy atom. The van der Waals surface area contributed by atoms with E-state index in [0.29, 0.717) is 10.7 Å². The lowest BCUT2D eigenvalue weighted by Gasteiger charge is -2.28. The first-order valence-corrected chi connectivity index (χ1v) is 10.7. The van der Waals surface area contributed by atoms with Crippen LogP contribution in [-0.2, 0) is 9.59 Å². The number of fused-ring (bicyclic) bond motifs is 2. The molecule has 4 heterocycles. The van der Waals surface area contributed by atoms with Crippen LogP contribution >= 0.6 is 34.4 Å². The van der Waals surface area contributed by atoms with Crippen molar-refractivity contribution in [2.75, 3.05) is 4.90 Å². The number of nitrogens with zero attached hydrogens (tertiary/aromatic N) is 1. The zero-order chi connectivity index (χ0) is 18.7. The van der Waals surface area contributed by atoms with Crippen molar-refractivity contribution in [1.29, 1.82) is 0 Å². The number of thiazole rings is 1. The van der Waals surface area contributed by atoms with Gasteiger partial charge in [0.15, 0.2) is 0 Å². The highest BCUT2D eigenvalue weighted by molar-refractivity contribution is 8.00. The average Bonchev–Trinajstić information content (AvgIpc) is 3.34. The van der Waals surface area contributed by atoms with Crippen molar-refractivity contribution in [2.45, 2.75) is 16.2 Å². The fourth-order valence-electron chi connectivity index (χ4n) is 3.64. The van der Waals surface area contributed by atoms with Crippen LogP contribution in [0.1, 0.15) is 15.7 Å². The van der Waals surface area contributed by atoms with Gasteiger partial charge in [-0.1, -0.05) is 29.2 Å². The highest BCUT2D eigenvalue weighted by Gasteiger charge is 2.56. The number of anilines is 1. The maximum absolute atomic E-state index is 13.3. The molecule has 5 rings (SSSR count). The number of hydrogen-bond donors (Lipinski definition) is 1. The zero-order valence-corrected chi connectivity index (χ0v) is 16.0. The van der Waals surface area contributed by atoms with Gasteiger partial charge in [-0.05, 0) is 35.7 Å². The molecule has 27 heavy (non-hydrogen) atoms. The van der Waals surface area contributed by atoms with Crippen LogP contribution in [0.3, 0.4) is 0 Å². The largest absolute Gasteiger partial charge is 0.307 e. The molecule has 2 aromatic heterocycles. The van der Waals surface area contributed by atoms with E-state index in [4.69, 9.17) is 0 Å². The van der Waals surface area contributed by atoms with Crippen molar-refractivity contribution < 1.29 is 14.0 Å². The summed E-state index contributed by atoms with van der Waals surface area (Å²) in [6, 6.07) is 9.15. The van der Waals surface area contributed by atoms with Crippen molar-refractivity contribution in [3.63, 3.8) is 0 Å². The van der Waals surface area contributed by atoms with Gasteiger partial charge in [0.05, 0.1) is 16.6 Å². The molecule has 2 amide bonds. The molecule has 0 radical (unpaired) electrons. The van der Waals surface area contributed by atoms with Gasteiger partial charge in [0.1, 0.15) is 11.1 Å². The van der Waals surface area contributed by atoms with Gasteiger partial charge in [-0.2, -0.15) is 0 Å². The lowest BCUT2D eigenvalue weighted by atomic mass is 9.87. The summed E-state index contributed by atoms with van der Waals surface area (Å²) in [5, 5.41) is 1.96. The Kier molecular flexibility index (Phi) is 3.85. The third-order valence-corrected chi connectivity index (χ3v) is 8.11. The third-order valence-electron chi connectivity index (χ3n) is 4.76. The normalized spacial score (nSPS) is 24.2. The molecular weight excluding hydrogens is 407 g/mol. The maximum atomic E-state index is 13.3. The van der Waals surface area contributed by atoms with E-state index in [1.807, 2.05) is 17.5 Å². The van der Waals surface area contributed by atoms with Crippen LogP contribution in [0.4, 0.5) is 10.1 Å². The summed E-state index contributed by atoms with van der Waals surface area (Å²) in [5.74, 6) is -2.00. The smallest absolute Gasteiger partial charge is 0.305 e. The van der Waals surface area contributed by atoms with Gasteiger partial charge >= 0.3 is 4.87 Å². The molecule has 2 aliphatic rings. The number of hydrogen-bond acceptors (Lipinski definition) is 6. The Morgan fingerprint density at radius 2 is 1.81 bits per heavy atom. The lowest BCUT2D eigenvalue weighted by Crippen LogP contribution is -2.32. The van der Waals surface area contributed by atoms with Gasteiger partial charge in [-0.25, -0.2) is 9.29 Å². The van der Waals surface area contributed by atoms with Crippen molar-refractivity contribution in [3.8, 4) is 0 Å². The summed E-state index contributed by atoms with van der Waals surface area (Å²) in [4.78, 5) is 43.8. The number of thioether (sulfide) groups is 1. The monoisotopic (exact) mass is 418 g/mol. The van der Waals surface area contributed by atoms with Gasteiger partial charge in [-0.15, -0.1) is 11.3 Å². The van der Waals surface area contributed by atoms with Crippen LogP contribution in [0, 0.1) is 11.7 Å². The molecule has 9 heteroatoms. The van der Waals surface area contributed by atoms with E-state index >= 15 is 0 Å². The quantitative estimate of drug-likeness (QED) is 0.648. The van der Waals surface area contributed by atoms with Crippen LogP contribution in [0.5, 0.6) is 0 Å². The Balaban J connectivity index is 1.64. The summed E-state index contributed by atoms with van der Waals surface area (Å²) in [6.07, 6.45) is 0. The van der Waals surface area contributed by atoms with Crippen LogP contribution in [0.15, 0.2) is 51.6 Å². The van der Waals surface area contributed by atoms with E-state index in [1.165, 1.54) is 47.4 Å². The summed E-state index contributed by atoms with van der Waals surface area (Å²) >= 11 is 3.83. The molecule has 0 bridgehead atoms. The fraction of sp³-hybridized carbons (Fsp3) is 0.167. The van der Waals surface area contributed by atoms with Crippen molar-refractivity contribution in [3.05, 3.63) is 67.0 Å². The first kappa shape index (κ1) is 16.9. The molecule has 1 N–H and O–H groups in total. The minimum atomic E-state index is -0.618. The number of rotatable bonds is 2. The second-order valence-electron chi connectivity index (χ2n) is 6.25. The van der Waals surface area contributed by atoms with Gasteiger partial charge in [-0.3, -0.25) is 14.4 Å². The maximum Gasteiger partial charge on any atom is 0.305 e. The second kappa shape index (κ2) is 6.15. The highest BCUT2D eigenvalue weighted by atomic mass is 32.2. The number of thiophene rings is 1. The SMILES string of the molecule is O=C1[C@H]2[C@H](c3cccs3)c3sc(=O)[nH]c3S[C@H]2C(=O)N1c1ccc(F)cc1. The summed E-state index contributed by atoms with van der Waals surface area (Å²) in [5.41, 5.74) is 0.364. The molecule has 1 aromatic carbocycles. The molecule has 136 valence electrons. The molecule has 0 saturated carbocycles. The van der Waals surface area contributed by atoms with Crippen molar-refractivity contribution in [2.24, 2.45) is 5.92 Å². The predicted molar refractivity (Wildman–Crippen MR) is 103 cm³/mol. The molecule has 3 atom stereocenters. The highest BCUT2D eigenvalue weighted by Crippen LogP contribution is 2.53. The number of aromatic nitrogens is 1. The standard InChI is InChI=1S/C18H11FN2O3S3/c19-8-3-5-9(6-4-8)21-16(22)12-11(10-2-1-7-25-10)13-15(20-18(24)27-13)26-14(12)17(21)23/h1-7,11-12,14H,(H,20,24)/t11-,12-,14+/m0/s1. The molecule has 2 aliphatic heterocycles. The zero-order valence-electron chi connectivity index (χ0n) is 13.5. The van der Waals surface area contributed by atoms with E-state index < -0.39 is 17.0 Å². The number of benzene rings is 1. The minimum absolute atomic E-state index is 0.190. The first-order valence-electron chi connectivity index (χ1n) is 8.11. The molecule has 3 aromatic rings. The number of amides is 2. The van der Waals surface area contributed by atoms with Crippen molar-refractivity contribution in [1.82, 2.24) is 4.98 Å². The van der Waals surface area contributed by atoms with E-state index in [1.54, 1.807) is 0 Å². The van der Waals surface area contributed by atoms with Gasteiger partial charge < -0.3 is 4.98 Å². The van der Waals surface area contributed by atoms with E-state index in [9.17, 15) is 18.8 Å². The van der Waals surface area contributed by atoms with Crippen LogP contribution in [0.25, 0.3) is 0 Å². The predicted octanol–water partition coefficient (Wildman–Crippen LogP) is 3.43. The Hall–Kier alpha value is -2.23. The molecule has 1 saturated heterocycles. The number of nitrogens with one attached hydrogen (secondary N) is 1. The number of halogens is 1. The summed E-state index contributed by atoms with van der Waals surface area (Å²) < 4.78 is 13.3. The Labute approximate surface area is 164 Å². The molecule has 0 unspecified atom stereocenters. The number of aromatic amines is 1. The molecule has 0 aliphatic carbocycles. The average molecular weight is 418 g/mol. The number of carbonyl (C=O) groups is 2. The summed E-state index contributed by atoms with van der Waals surface area (Å²) in [7, 11) is 0. The third kappa shape index (κ3) is 2.53. The van der Waals surface area contributed by atoms with Gasteiger partial charge in [0.25, 0.3) is 0 Å². The van der Waals surface area contributed by atoms with Crippen LogP contribution < -0.4 is 9.77 Å². The molecule has 5 nitrogen and oxygen atoms in total. The van der Waals surface area contributed by atoms with E-state index in [2.05, 4.69) is 4.98 Å². The van der Waals surface area contributed by atoms with E-state index in [-0.39, 0.29) is 22.6 Å². The lowest BCUT2D eigenvalue weighted by molar-refractivity contribution is -0.122. The second-order valence-corrected chi connectivity index (χ2v) is 9.40. The van der Waals surface area contributed by atoms with Crippen LogP contribution in [-0.4, -0.2) is 22.0 Å². The summed E-state index contributed by atoms with van der Waals surface area (Å²) in [6.45, 7) is 0. The Morgan fingerprint density at radius 1 is 1.04 bits per heavy atom. The molecular formula is C18H11FN2O3S3. The molecule has 1 fully saturated rings. The van der Waals surface area contributed by atoms with Gasteiger partial charge in [0.2, 0.25) is 11.8 Å².